The number of alkyl halides is 3. The molecule has 0 fully saturated rings. The molecule has 0 amide bonds. The molecule has 0 aromatic rings. The summed E-state index contributed by atoms with van der Waals surface area (Å²) in [5, 5.41) is 0. The monoisotopic (exact) mass is 182 g/mol. The van der Waals surface area contributed by atoms with Crippen molar-refractivity contribution in [2.24, 2.45) is 0 Å². The Morgan fingerprint density at radius 1 is 1.50 bits per heavy atom. The molecule has 0 atom stereocenters. The van der Waals surface area contributed by atoms with Crippen molar-refractivity contribution in [3.8, 4) is 0 Å². The fourth-order valence-electron chi connectivity index (χ4n) is 0.419. The lowest BCUT2D eigenvalue weighted by Crippen LogP contribution is -2.22. The molecular weight excluding hydrogens is 177 g/mol. The molecule has 0 N–H and O–H groups in total. The molecule has 0 saturated heterocycles. The largest absolute Gasteiger partial charge is 0.462 e. The Balaban J connectivity index is 4.61. The topological polar surface area (TPSA) is 43.4 Å². The lowest BCUT2D eigenvalue weighted by atomic mass is 10.3. The zero-order valence-electron chi connectivity index (χ0n) is 6.07. The number of esters is 1. The van der Waals surface area contributed by atoms with Crippen LogP contribution >= 0.6 is 0 Å². The van der Waals surface area contributed by atoms with Crippen LogP contribution in [0.2, 0.25) is 0 Å². The molecule has 0 unspecified atom stereocenters. The zero-order valence-corrected chi connectivity index (χ0v) is 6.07. The molecule has 0 bridgehead atoms. The van der Waals surface area contributed by atoms with E-state index in [1.54, 1.807) is 0 Å². The van der Waals surface area contributed by atoms with Crippen molar-refractivity contribution in [2.45, 2.75) is 13.1 Å². The molecule has 0 rings (SSSR count). The first-order valence-electron chi connectivity index (χ1n) is 2.93. The minimum Gasteiger partial charge on any atom is -0.462 e. The van der Waals surface area contributed by atoms with Crippen molar-refractivity contribution in [1.29, 1.82) is 0 Å². The van der Waals surface area contributed by atoms with E-state index in [1.165, 1.54) is 6.92 Å². The molecule has 0 heterocycles. The van der Waals surface area contributed by atoms with Crippen molar-refractivity contribution in [3.63, 3.8) is 0 Å². The van der Waals surface area contributed by atoms with Gasteiger partial charge in [0.25, 0.3) is 0 Å². The van der Waals surface area contributed by atoms with E-state index in [-0.39, 0.29) is 6.61 Å². The summed E-state index contributed by atoms with van der Waals surface area (Å²) in [5.41, 5.74) is -1.94. The minimum absolute atomic E-state index is 0.222. The van der Waals surface area contributed by atoms with E-state index in [0.717, 1.165) is 0 Å². The third kappa shape index (κ3) is 2.75. The van der Waals surface area contributed by atoms with Gasteiger partial charge < -0.3 is 4.74 Å². The lowest BCUT2D eigenvalue weighted by molar-refractivity contribution is -0.149. The summed E-state index contributed by atoms with van der Waals surface area (Å²) in [6, 6.07) is 0. The van der Waals surface area contributed by atoms with E-state index < -0.39 is 17.7 Å². The Morgan fingerprint density at radius 3 is 2.25 bits per heavy atom. The molecule has 0 spiro atoms. The van der Waals surface area contributed by atoms with Crippen molar-refractivity contribution in [1.82, 2.24) is 0 Å². The van der Waals surface area contributed by atoms with Crippen LogP contribution in [0.15, 0.2) is 5.57 Å². The predicted octanol–water partition coefficient (Wildman–Crippen LogP) is 0.870. The Labute approximate surface area is 65.8 Å². The molecule has 0 saturated carbocycles. The maximum absolute atomic E-state index is 11.7. The van der Waals surface area contributed by atoms with Crippen LogP contribution in [-0.2, 0) is 14.3 Å². The van der Waals surface area contributed by atoms with E-state index >= 15 is 0 Å². The predicted molar refractivity (Wildman–Crippen MR) is 31.9 cm³/mol. The average Bonchev–Trinajstić information content (AvgIpc) is 1.85. The van der Waals surface area contributed by atoms with Crippen molar-refractivity contribution in [3.05, 3.63) is 5.57 Å². The minimum atomic E-state index is -4.99. The average molecular weight is 182 g/mol. The van der Waals surface area contributed by atoms with Crippen LogP contribution in [0.5, 0.6) is 0 Å². The third-order valence-corrected chi connectivity index (χ3v) is 0.865. The van der Waals surface area contributed by atoms with Gasteiger partial charge in [-0.2, -0.15) is 13.2 Å². The van der Waals surface area contributed by atoms with E-state index in [2.05, 4.69) is 4.74 Å². The lowest BCUT2D eigenvalue weighted by Gasteiger charge is -2.05. The van der Waals surface area contributed by atoms with Gasteiger partial charge in [-0.05, 0) is 6.92 Å². The van der Waals surface area contributed by atoms with Gasteiger partial charge in [0.2, 0.25) is 5.57 Å². The van der Waals surface area contributed by atoms with Crippen LogP contribution in [0.4, 0.5) is 13.2 Å². The van der Waals surface area contributed by atoms with Gasteiger partial charge in [-0.25, -0.2) is 9.59 Å². The molecule has 0 aliphatic carbocycles. The highest BCUT2D eigenvalue weighted by Gasteiger charge is 2.41. The zero-order chi connectivity index (χ0) is 9.78. The van der Waals surface area contributed by atoms with E-state index in [4.69, 9.17) is 0 Å². The third-order valence-electron chi connectivity index (χ3n) is 0.865. The van der Waals surface area contributed by atoms with Gasteiger partial charge >= 0.3 is 12.1 Å². The van der Waals surface area contributed by atoms with E-state index in [0.29, 0.717) is 5.94 Å². The van der Waals surface area contributed by atoms with Gasteiger partial charge in [-0.1, -0.05) is 0 Å². The van der Waals surface area contributed by atoms with Gasteiger partial charge in [-0.3, -0.25) is 0 Å². The van der Waals surface area contributed by atoms with Gasteiger partial charge in [0.1, 0.15) is 5.94 Å². The fraction of sp³-hybridized carbons (Fsp3) is 0.500. The molecule has 0 aromatic carbocycles. The Bertz CT molecular complexity index is 225. The first kappa shape index (κ1) is 10.7. The molecule has 3 nitrogen and oxygen atoms in total. The summed E-state index contributed by atoms with van der Waals surface area (Å²) >= 11 is 0. The number of hydrogen-bond acceptors (Lipinski definition) is 3. The first-order chi connectivity index (χ1) is 5.43. The van der Waals surface area contributed by atoms with Crippen LogP contribution in [0.3, 0.4) is 0 Å². The SMILES string of the molecule is CCOC(=O)C(=C=O)C(F)(F)F. The fourth-order valence-corrected chi connectivity index (χ4v) is 0.419. The number of carbonyl (C=O) groups is 1. The van der Waals surface area contributed by atoms with Crippen molar-refractivity contribution in [2.75, 3.05) is 6.61 Å². The second-order valence-corrected chi connectivity index (χ2v) is 1.70. The maximum Gasteiger partial charge on any atom is 0.433 e. The highest BCUT2D eigenvalue weighted by molar-refractivity contribution is 5.98. The second-order valence-electron chi connectivity index (χ2n) is 1.70. The molecule has 6 heteroatoms. The Hall–Kier alpha value is -1.29. The number of hydrogen-bond donors (Lipinski definition) is 0. The normalized spacial score (nSPS) is 10.3. The van der Waals surface area contributed by atoms with Crippen molar-refractivity contribution >= 4 is 11.9 Å². The van der Waals surface area contributed by atoms with Gasteiger partial charge in [0.15, 0.2) is 0 Å². The van der Waals surface area contributed by atoms with Crippen LogP contribution in [0.1, 0.15) is 6.92 Å². The van der Waals surface area contributed by atoms with Crippen LogP contribution < -0.4 is 0 Å². The standard InChI is InChI=1S/C6H5F3O3/c1-2-12-5(11)4(3-10)6(7,8)9/h2H2,1H3. The number of carbonyl (C=O) groups excluding carboxylic acids is 2. The van der Waals surface area contributed by atoms with E-state index in [9.17, 15) is 22.8 Å². The van der Waals surface area contributed by atoms with Crippen molar-refractivity contribution < 1.29 is 27.5 Å². The molecule has 12 heavy (non-hydrogen) atoms. The molecular formula is C6H5F3O3. The highest BCUT2D eigenvalue weighted by Crippen LogP contribution is 2.24. The Kier molecular flexibility index (Phi) is 3.50. The van der Waals surface area contributed by atoms with Gasteiger partial charge in [-0.15, -0.1) is 0 Å². The number of ether oxygens (including phenoxy) is 1. The molecule has 68 valence electrons. The highest BCUT2D eigenvalue weighted by atomic mass is 19.4. The van der Waals surface area contributed by atoms with Crippen LogP contribution in [0, 0.1) is 0 Å². The summed E-state index contributed by atoms with van der Waals surface area (Å²) in [6.45, 7) is 1.11. The summed E-state index contributed by atoms with van der Waals surface area (Å²) in [7, 11) is 0. The van der Waals surface area contributed by atoms with Gasteiger partial charge in [0, 0.05) is 0 Å². The van der Waals surface area contributed by atoms with E-state index in [1.807, 2.05) is 0 Å². The van der Waals surface area contributed by atoms with Crippen LogP contribution in [-0.4, -0.2) is 24.7 Å². The molecule has 0 radical (unpaired) electrons. The molecule has 0 aliphatic heterocycles. The van der Waals surface area contributed by atoms with Crippen LogP contribution in [0.25, 0.3) is 0 Å². The quantitative estimate of drug-likeness (QED) is 0.361. The summed E-state index contributed by atoms with van der Waals surface area (Å²) in [6.07, 6.45) is -4.99. The first-order valence-corrected chi connectivity index (χ1v) is 2.93. The molecule has 0 aromatic heterocycles. The summed E-state index contributed by atoms with van der Waals surface area (Å²) < 4.78 is 39.0. The number of halogens is 3. The number of rotatable bonds is 2. The Morgan fingerprint density at radius 2 is 2.00 bits per heavy atom. The summed E-state index contributed by atoms with van der Waals surface area (Å²) in [5.74, 6) is -1.20. The second kappa shape index (κ2) is 3.92. The summed E-state index contributed by atoms with van der Waals surface area (Å²) in [4.78, 5) is 20.1. The maximum atomic E-state index is 11.7. The molecule has 0 aliphatic rings. The van der Waals surface area contributed by atoms with Gasteiger partial charge in [0.05, 0.1) is 6.61 Å². The smallest absolute Gasteiger partial charge is 0.433 e.